The zero-order chi connectivity index (χ0) is 14.8. The molecule has 0 aromatic heterocycles. The van der Waals surface area contributed by atoms with E-state index in [1.54, 1.807) is 0 Å². The first-order valence-corrected chi connectivity index (χ1v) is 7.79. The van der Waals surface area contributed by atoms with Crippen molar-refractivity contribution in [2.24, 2.45) is 0 Å². The van der Waals surface area contributed by atoms with Gasteiger partial charge in [0.05, 0.1) is 13.2 Å². The second-order valence-electron chi connectivity index (χ2n) is 6.60. The number of nitrogens with one attached hydrogen (secondary N) is 1. The molecule has 0 aromatic carbocycles. The summed E-state index contributed by atoms with van der Waals surface area (Å²) >= 11 is 0. The van der Waals surface area contributed by atoms with Gasteiger partial charge in [0.1, 0.15) is 5.54 Å². The molecule has 1 aliphatic carbocycles. The Morgan fingerprint density at radius 2 is 2.25 bits per heavy atom. The summed E-state index contributed by atoms with van der Waals surface area (Å²) < 4.78 is 5.49. The Bertz CT molecular complexity index is 348. The first-order valence-electron chi connectivity index (χ1n) is 7.79. The molecule has 1 aliphatic heterocycles. The van der Waals surface area contributed by atoms with Crippen LogP contribution in [0.2, 0.25) is 0 Å². The van der Waals surface area contributed by atoms with E-state index in [0.29, 0.717) is 18.5 Å². The van der Waals surface area contributed by atoms with Gasteiger partial charge in [0, 0.05) is 24.7 Å². The summed E-state index contributed by atoms with van der Waals surface area (Å²) in [5, 5.41) is 13.0. The highest BCUT2D eigenvalue weighted by molar-refractivity contribution is 5.79. The molecule has 0 amide bonds. The fourth-order valence-corrected chi connectivity index (χ4v) is 3.75. The maximum Gasteiger partial charge on any atom is 0.323 e. The molecule has 2 rings (SSSR count). The summed E-state index contributed by atoms with van der Waals surface area (Å²) in [5.41, 5.74) is -0.755. The third-order valence-electron chi connectivity index (χ3n) is 4.59. The van der Waals surface area contributed by atoms with Gasteiger partial charge in [0.2, 0.25) is 0 Å². The number of carboxylic acid groups (broad SMARTS) is 1. The Morgan fingerprint density at radius 3 is 2.85 bits per heavy atom. The summed E-state index contributed by atoms with van der Waals surface area (Å²) in [5.74, 6) is -0.697. The van der Waals surface area contributed by atoms with Crippen LogP contribution >= 0.6 is 0 Å². The Labute approximate surface area is 121 Å². The quantitative estimate of drug-likeness (QED) is 0.818. The molecule has 2 N–H and O–H groups in total. The number of nitrogens with zero attached hydrogens (tertiary/aromatic N) is 1. The van der Waals surface area contributed by atoms with Gasteiger partial charge in [-0.1, -0.05) is 0 Å². The lowest BCUT2D eigenvalue weighted by atomic mass is 9.77. The van der Waals surface area contributed by atoms with E-state index in [-0.39, 0.29) is 6.04 Å². The van der Waals surface area contributed by atoms with Gasteiger partial charge in [-0.05, 0) is 46.5 Å². The van der Waals surface area contributed by atoms with Crippen molar-refractivity contribution in [3.05, 3.63) is 0 Å². The third kappa shape index (κ3) is 3.32. The van der Waals surface area contributed by atoms with Gasteiger partial charge in [-0.2, -0.15) is 0 Å². The van der Waals surface area contributed by atoms with Crippen LogP contribution in [0.3, 0.4) is 0 Å². The fraction of sp³-hybridized carbons (Fsp3) is 0.933. The molecule has 5 heteroatoms. The highest BCUT2D eigenvalue weighted by Gasteiger charge is 2.45. The summed E-state index contributed by atoms with van der Waals surface area (Å²) in [6, 6.07) is 0.925. The van der Waals surface area contributed by atoms with Crippen molar-refractivity contribution in [1.82, 2.24) is 10.2 Å². The van der Waals surface area contributed by atoms with Crippen molar-refractivity contribution in [3.63, 3.8) is 0 Å². The van der Waals surface area contributed by atoms with E-state index < -0.39 is 11.5 Å². The lowest BCUT2D eigenvalue weighted by Crippen LogP contribution is -2.61. The van der Waals surface area contributed by atoms with Gasteiger partial charge in [-0.25, -0.2) is 0 Å². The molecule has 3 atom stereocenters. The maximum atomic E-state index is 11.8. The molecule has 5 nitrogen and oxygen atoms in total. The van der Waals surface area contributed by atoms with E-state index in [1.807, 2.05) is 13.8 Å². The van der Waals surface area contributed by atoms with Gasteiger partial charge in [0.25, 0.3) is 0 Å². The smallest absolute Gasteiger partial charge is 0.323 e. The molecule has 0 bridgehead atoms. The Hall–Kier alpha value is -0.650. The summed E-state index contributed by atoms with van der Waals surface area (Å²) in [6.45, 7) is 8.65. The van der Waals surface area contributed by atoms with Crippen LogP contribution in [0.4, 0.5) is 0 Å². The van der Waals surface area contributed by atoms with E-state index >= 15 is 0 Å². The zero-order valence-corrected chi connectivity index (χ0v) is 12.9. The monoisotopic (exact) mass is 284 g/mol. The zero-order valence-electron chi connectivity index (χ0n) is 12.9. The molecule has 116 valence electrons. The van der Waals surface area contributed by atoms with Crippen molar-refractivity contribution in [3.8, 4) is 0 Å². The molecule has 1 heterocycles. The number of hydrogen-bond acceptors (Lipinski definition) is 4. The van der Waals surface area contributed by atoms with E-state index in [2.05, 4.69) is 17.1 Å². The standard InChI is InChI=1S/C15H28N2O3/c1-11(2)16-15(14(18)19)6-4-5-13(9-15)17-7-8-20-10-12(17)3/h11-13,16H,4-10H2,1-3H3,(H,18,19). The predicted molar refractivity (Wildman–Crippen MR) is 77.9 cm³/mol. The highest BCUT2D eigenvalue weighted by atomic mass is 16.5. The Balaban J connectivity index is 2.10. The number of morpholine rings is 1. The Kier molecular flexibility index (Phi) is 5.04. The Morgan fingerprint density at radius 1 is 1.50 bits per heavy atom. The van der Waals surface area contributed by atoms with Crippen LogP contribution in [-0.2, 0) is 9.53 Å². The lowest BCUT2D eigenvalue weighted by molar-refractivity contribution is -0.148. The van der Waals surface area contributed by atoms with Crippen molar-refractivity contribution in [2.75, 3.05) is 19.8 Å². The van der Waals surface area contributed by atoms with Gasteiger partial charge in [0.15, 0.2) is 0 Å². The normalized spacial score (nSPS) is 36.2. The lowest BCUT2D eigenvalue weighted by Gasteiger charge is -2.46. The minimum absolute atomic E-state index is 0.187. The highest BCUT2D eigenvalue weighted by Crippen LogP contribution is 2.33. The first-order chi connectivity index (χ1) is 9.44. The van der Waals surface area contributed by atoms with Gasteiger partial charge in [-0.3, -0.25) is 15.0 Å². The van der Waals surface area contributed by atoms with E-state index in [1.165, 1.54) is 0 Å². The topological polar surface area (TPSA) is 61.8 Å². The molecule has 0 radical (unpaired) electrons. The van der Waals surface area contributed by atoms with Crippen LogP contribution in [0.5, 0.6) is 0 Å². The SMILES string of the molecule is CC(C)NC1(C(=O)O)CCCC(N2CCOCC2C)C1. The summed E-state index contributed by atoms with van der Waals surface area (Å²) in [4.78, 5) is 14.3. The molecule has 3 unspecified atom stereocenters. The van der Waals surface area contributed by atoms with Gasteiger partial charge >= 0.3 is 5.97 Å². The minimum Gasteiger partial charge on any atom is -0.480 e. The van der Waals surface area contributed by atoms with Crippen LogP contribution in [0.1, 0.15) is 46.5 Å². The van der Waals surface area contributed by atoms with E-state index in [0.717, 1.165) is 39.0 Å². The van der Waals surface area contributed by atoms with Crippen molar-refractivity contribution in [1.29, 1.82) is 0 Å². The minimum atomic E-state index is -0.755. The van der Waals surface area contributed by atoms with Crippen molar-refractivity contribution >= 4 is 5.97 Å². The number of carboxylic acids is 1. The van der Waals surface area contributed by atoms with Crippen LogP contribution < -0.4 is 5.32 Å². The average Bonchev–Trinajstić information content (AvgIpc) is 2.38. The number of carbonyl (C=O) groups is 1. The number of hydrogen-bond donors (Lipinski definition) is 2. The third-order valence-corrected chi connectivity index (χ3v) is 4.59. The molecular formula is C15H28N2O3. The second-order valence-corrected chi connectivity index (χ2v) is 6.60. The van der Waals surface area contributed by atoms with Crippen molar-refractivity contribution < 1.29 is 14.6 Å². The van der Waals surface area contributed by atoms with Gasteiger partial charge in [-0.15, -0.1) is 0 Å². The van der Waals surface area contributed by atoms with Crippen molar-refractivity contribution in [2.45, 2.75) is 70.1 Å². The number of aliphatic carboxylic acids is 1. The van der Waals surface area contributed by atoms with E-state index in [4.69, 9.17) is 4.74 Å². The molecule has 0 spiro atoms. The molecule has 2 fully saturated rings. The van der Waals surface area contributed by atoms with Crippen LogP contribution in [-0.4, -0.2) is 59.4 Å². The molecule has 1 saturated heterocycles. The molecule has 2 aliphatic rings. The fourth-order valence-electron chi connectivity index (χ4n) is 3.75. The molecular weight excluding hydrogens is 256 g/mol. The molecule has 1 saturated carbocycles. The predicted octanol–water partition coefficient (Wildman–Crippen LogP) is 1.47. The summed E-state index contributed by atoms with van der Waals surface area (Å²) in [6.07, 6.45) is 3.50. The average molecular weight is 284 g/mol. The molecule has 20 heavy (non-hydrogen) atoms. The van der Waals surface area contributed by atoms with Crippen LogP contribution in [0.25, 0.3) is 0 Å². The number of ether oxygens (including phenoxy) is 1. The largest absolute Gasteiger partial charge is 0.480 e. The van der Waals surface area contributed by atoms with Crippen LogP contribution in [0.15, 0.2) is 0 Å². The van der Waals surface area contributed by atoms with E-state index in [9.17, 15) is 9.90 Å². The summed E-state index contributed by atoms with van der Waals surface area (Å²) in [7, 11) is 0. The first kappa shape index (κ1) is 15.7. The maximum absolute atomic E-state index is 11.8. The van der Waals surface area contributed by atoms with Crippen LogP contribution in [0, 0.1) is 0 Å². The number of rotatable bonds is 4. The van der Waals surface area contributed by atoms with Gasteiger partial charge < -0.3 is 9.84 Å². The second kappa shape index (κ2) is 6.41. The molecule has 0 aromatic rings.